The van der Waals surface area contributed by atoms with Crippen LogP contribution in [0.5, 0.6) is 0 Å². The van der Waals surface area contributed by atoms with Gasteiger partial charge in [0.1, 0.15) is 24.1 Å². The van der Waals surface area contributed by atoms with Crippen LogP contribution in [-0.4, -0.2) is 57.2 Å². The Morgan fingerprint density at radius 1 is 1.27 bits per heavy atom. The minimum Gasteiger partial charge on any atom is -0.394 e. The van der Waals surface area contributed by atoms with E-state index in [1.165, 1.54) is 16.8 Å². The second-order valence-corrected chi connectivity index (χ2v) is 7.10. The molecule has 9 nitrogen and oxygen atoms in total. The van der Waals surface area contributed by atoms with Crippen molar-refractivity contribution in [1.82, 2.24) is 9.55 Å². The standard InChI is InChI=1S/C21H27N3O6/c1-2-3-7-12-29-18-17(26)15(13-25)30-20(18)24-11-10-16(23-21(24)28)22-19(27)14-8-5-4-6-9-14/h4-6,8-11,15,17-18,20,25-26H,2-3,7,12-13H2,1H3,(H,22,23,27,28)/t15-,17-,18-,20-/m1/s1. The zero-order valence-corrected chi connectivity index (χ0v) is 16.8. The van der Waals surface area contributed by atoms with Crippen LogP contribution in [0.15, 0.2) is 47.4 Å². The number of hydrogen-bond donors (Lipinski definition) is 3. The number of anilines is 1. The van der Waals surface area contributed by atoms with Crippen LogP contribution in [0.4, 0.5) is 5.82 Å². The summed E-state index contributed by atoms with van der Waals surface area (Å²) in [5.41, 5.74) is -0.226. The van der Waals surface area contributed by atoms with Crippen LogP contribution in [0, 0.1) is 0 Å². The summed E-state index contributed by atoms with van der Waals surface area (Å²) in [5.74, 6) is -0.284. The molecule has 1 aromatic carbocycles. The summed E-state index contributed by atoms with van der Waals surface area (Å²) in [6.45, 7) is 2.07. The Kier molecular flexibility index (Phi) is 7.69. The van der Waals surface area contributed by atoms with Gasteiger partial charge in [0.2, 0.25) is 0 Å². The molecule has 0 bridgehead atoms. The molecule has 1 saturated heterocycles. The molecule has 3 N–H and O–H groups in total. The third kappa shape index (κ3) is 5.11. The fourth-order valence-corrected chi connectivity index (χ4v) is 3.30. The highest BCUT2D eigenvalue weighted by molar-refractivity contribution is 6.03. The number of rotatable bonds is 9. The molecular weight excluding hydrogens is 390 g/mol. The van der Waals surface area contributed by atoms with Crippen molar-refractivity contribution in [2.24, 2.45) is 0 Å². The van der Waals surface area contributed by atoms with Crippen molar-refractivity contribution in [2.75, 3.05) is 18.5 Å². The Morgan fingerprint density at radius 3 is 2.70 bits per heavy atom. The molecule has 0 spiro atoms. The Balaban J connectivity index is 1.74. The van der Waals surface area contributed by atoms with Gasteiger partial charge in [0.15, 0.2) is 6.23 Å². The van der Waals surface area contributed by atoms with Crippen LogP contribution in [-0.2, 0) is 9.47 Å². The number of benzene rings is 1. The third-order valence-corrected chi connectivity index (χ3v) is 4.93. The van der Waals surface area contributed by atoms with Crippen LogP contribution >= 0.6 is 0 Å². The lowest BCUT2D eigenvalue weighted by Crippen LogP contribution is -2.38. The lowest BCUT2D eigenvalue weighted by atomic mass is 10.1. The Bertz CT molecular complexity index is 888. The van der Waals surface area contributed by atoms with E-state index in [9.17, 15) is 19.8 Å². The second-order valence-electron chi connectivity index (χ2n) is 7.10. The van der Waals surface area contributed by atoms with Gasteiger partial charge in [-0.2, -0.15) is 4.98 Å². The van der Waals surface area contributed by atoms with Gasteiger partial charge < -0.3 is 25.0 Å². The number of aliphatic hydroxyl groups excluding tert-OH is 2. The molecule has 0 unspecified atom stereocenters. The fraction of sp³-hybridized carbons (Fsp3) is 0.476. The molecule has 0 radical (unpaired) electrons. The molecule has 162 valence electrons. The monoisotopic (exact) mass is 417 g/mol. The highest BCUT2D eigenvalue weighted by Crippen LogP contribution is 2.31. The van der Waals surface area contributed by atoms with E-state index < -0.39 is 36.8 Å². The van der Waals surface area contributed by atoms with Crippen LogP contribution < -0.4 is 11.0 Å². The molecule has 1 aromatic heterocycles. The first-order valence-corrected chi connectivity index (χ1v) is 10.1. The molecule has 1 aliphatic rings. The number of hydrogen-bond acceptors (Lipinski definition) is 7. The van der Waals surface area contributed by atoms with Crippen molar-refractivity contribution in [3.63, 3.8) is 0 Å². The Morgan fingerprint density at radius 2 is 2.03 bits per heavy atom. The summed E-state index contributed by atoms with van der Waals surface area (Å²) in [4.78, 5) is 28.7. The van der Waals surface area contributed by atoms with E-state index in [1.807, 2.05) is 0 Å². The molecular formula is C21H27N3O6. The zero-order chi connectivity index (χ0) is 21.5. The summed E-state index contributed by atoms with van der Waals surface area (Å²) in [5, 5.41) is 22.5. The number of nitrogens with zero attached hydrogens (tertiary/aromatic N) is 2. The maximum absolute atomic E-state index is 12.6. The van der Waals surface area contributed by atoms with E-state index in [2.05, 4.69) is 17.2 Å². The van der Waals surface area contributed by atoms with Crippen molar-refractivity contribution in [1.29, 1.82) is 0 Å². The van der Waals surface area contributed by atoms with E-state index in [0.29, 0.717) is 12.2 Å². The first-order valence-electron chi connectivity index (χ1n) is 10.1. The first kappa shape index (κ1) is 22.1. The molecule has 30 heavy (non-hydrogen) atoms. The number of carbonyl (C=O) groups excluding carboxylic acids is 1. The number of aromatic nitrogens is 2. The number of unbranched alkanes of at least 4 members (excludes halogenated alkanes) is 2. The van der Waals surface area contributed by atoms with Gasteiger partial charge in [0.25, 0.3) is 5.91 Å². The highest BCUT2D eigenvalue weighted by Gasteiger charge is 2.45. The average molecular weight is 417 g/mol. The van der Waals surface area contributed by atoms with Gasteiger partial charge >= 0.3 is 5.69 Å². The van der Waals surface area contributed by atoms with Crippen LogP contribution in [0.2, 0.25) is 0 Å². The number of ether oxygens (including phenoxy) is 2. The summed E-state index contributed by atoms with van der Waals surface area (Å²) in [6, 6.07) is 10.0. The number of aliphatic hydroxyl groups is 2. The average Bonchev–Trinajstić information content (AvgIpc) is 3.07. The van der Waals surface area contributed by atoms with Gasteiger partial charge in [-0.05, 0) is 24.6 Å². The molecule has 4 atom stereocenters. The van der Waals surface area contributed by atoms with E-state index in [1.54, 1.807) is 30.3 Å². The molecule has 2 heterocycles. The molecule has 9 heteroatoms. The highest BCUT2D eigenvalue weighted by atomic mass is 16.6. The van der Waals surface area contributed by atoms with Gasteiger partial charge in [-0.1, -0.05) is 38.0 Å². The summed E-state index contributed by atoms with van der Waals surface area (Å²) < 4.78 is 12.6. The predicted molar refractivity (Wildman–Crippen MR) is 109 cm³/mol. The van der Waals surface area contributed by atoms with Gasteiger partial charge in [-0.3, -0.25) is 9.36 Å². The van der Waals surface area contributed by atoms with Crippen molar-refractivity contribution < 1.29 is 24.5 Å². The fourth-order valence-electron chi connectivity index (χ4n) is 3.30. The SMILES string of the molecule is CCCCCO[C@@H]1[C@H](O)[C@@H](CO)O[C@H]1n1ccc(NC(=O)c2ccccc2)nc1=O. The molecule has 1 fully saturated rings. The largest absolute Gasteiger partial charge is 0.394 e. The van der Waals surface area contributed by atoms with Crippen LogP contribution in [0.25, 0.3) is 0 Å². The maximum Gasteiger partial charge on any atom is 0.351 e. The smallest absolute Gasteiger partial charge is 0.351 e. The topological polar surface area (TPSA) is 123 Å². The first-order chi connectivity index (χ1) is 14.5. The Hall–Kier alpha value is -2.59. The van der Waals surface area contributed by atoms with Gasteiger partial charge in [0.05, 0.1) is 6.61 Å². The van der Waals surface area contributed by atoms with E-state index in [4.69, 9.17) is 9.47 Å². The normalized spacial score (nSPS) is 23.4. The molecule has 1 amide bonds. The number of nitrogens with one attached hydrogen (secondary N) is 1. The summed E-state index contributed by atoms with van der Waals surface area (Å²) in [6.07, 6.45) is 0.552. The Labute approximate surface area is 174 Å². The summed E-state index contributed by atoms with van der Waals surface area (Å²) in [7, 11) is 0. The van der Waals surface area contributed by atoms with Crippen molar-refractivity contribution in [3.8, 4) is 0 Å². The van der Waals surface area contributed by atoms with E-state index in [-0.39, 0.29) is 11.7 Å². The van der Waals surface area contributed by atoms with Gasteiger partial charge in [-0.25, -0.2) is 4.79 Å². The third-order valence-electron chi connectivity index (χ3n) is 4.93. The molecule has 2 aromatic rings. The number of amides is 1. The van der Waals surface area contributed by atoms with E-state index >= 15 is 0 Å². The molecule has 0 aliphatic carbocycles. The van der Waals surface area contributed by atoms with Gasteiger partial charge in [0, 0.05) is 18.4 Å². The van der Waals surface area contributed by atoms with Crippen molar-refractivity contribution >= 4 is 11.7 Å². The molecule has 1 aliphatic heterocycles. The maximum atomic E-state index is 12.6. The predicted octanol–water partition coefficient (Wildman–Crippen LogP) is 1.32. The zero-order valence-electron chi connectivity index (χ0n) is 16.8. The minimum absolute atomic E-state index is 0.0998. The lowest BCUT2D eigenvalue weighted by molar-refractivity contribution is -0.0748. The van der Waals surface area contributed by atoms with Crippen LogP contribution in [0.1, 0.15) is 42.8 Å². The lowest BCUT2D eigenvalue weighted by Gasteiger charge is -2.22. The molecule has 3 rings (SSSR count). The quantitative estimate of drug-likeness (QED) is 0.526. The van der Waals surface area contributed by atoms with Crippen molar-refractivity contribution in [2.45, 2.75) is 50.7 Å². The van der Waals surface area contributed by atoms with E-state index in [0.717, 1.165) is 19.3 Å². The minimum atomic E-state index is -1.08. The van der Waals surface area contributed by atoms with Crippen molar-refractivity contribution in [3.05, 3.63) is 58.6 Å². The van der Waals surface area contributed by atoms with Gasteiger partial charge in [-0.15, -0.1) is 0 Å². The second kappa shape index (κ2) is 10.4. The van der Waals surface area contributed by atoms with Crippen LogP contribution in [0.3, 0.4) is 0 Å². The summed E-state index contributed by atoms with van der Waals surface area (Å²) >= 11 is 0. The molecule has 0 saturated carbocycles. The number of carbonyl (C=O) groups is 1.